The smallest absolute Gasteiger partial charge is 0.356 e. The molecule has 1 aliphatic heterocycles. The van der Waals surface area contributed by atoms with Crippen molar-refractivity contribution in [2.75, 3.05) is 59.7 Å². The predicted molar refractivity (Wildman–Crippen MR) is 326 cm³/mol. The van der Waals surface area contributed by atoms with E-state index in [2.05, 4.69) is 47.9 Å². The van der Waals surface area contributed by atoms with Crippen LogP contribution in [0.3, 0.4) is 0 Å². The number of benzene rings is 4. The van der Waals surface area contributed by atoms with E-state index in [9.17, 15) is 30.0 Å². The average molecular weight is 1190 g/mol. The van der Waals surface area contributed by atoms with Gasteiger partial charge in [-0.05, 0) is 68.3 Å². The Kier molecular flexibility index (Phi) is 17.8. The van der Waals surface area contributed by atoms with Crippen LogP contribution in [-0.4, -0.2) is 141 Å². The van der Waals surface area contributed by atoms with Gasteiger partial charge in [0.25, 0.3) is 0 Å². The van der Waals surface area contributed by atoms with E-state index in [1.54, 1.807) is 91.0 Å². The van der Waals surface area contributed by atoms with Crippen molar-refractivity contribution in [2.24, 2.45) is 30.8 Å². The highest BCUT2D eigenvalue weighted by Crippen LogP contribution is 2.66. The van der Waals surface area contributed by atoms with Gasteiger partial charge in [0, 0.05) is 76.9 Å². The molecule has 0 spiro atoms. The molecule has 87 heavy (non-hydrogen) atoms. The molecule has 4 aromatic heterocycles. The topological polar surface area (TPSA) is 382 Å². The van der Waals surface area contributed by atoms with Crippen molar-refractivity contribution in [1.82, 2.24) is 19.9 Å². The summed E-state index contributed by atoms with van der Waals surface area (Å²) >= 11 is 0. The number of carbonyl (C=O) groups excluding carboxylic acids is 2. The summed E-state index contributed by atoms with van der Waals surface area (Å²) in [6.45, 7) is 9.24. The molecule has 16 N–H and O–H groups in total. The number of methoxy groups -OCH3 is 1. The first kappa shape index (κ1) is 60.5. The number of aliphatic hydroxyl groups is 4. The normalized spacial score (nSPS) is 17.8. The highest BCUT2D eigenvalue weighted by Gasteiger charge is 2.75. The zero-order valence-corrected chi connectivity index (χ0v) is 49.1. The minimum atomic E-state index is -1.36. The predicted octanol–water partition coefficient (Wildman–Crippen LogP) is 6.33. The van der Waals surface area contributed by atoms with E-state index in [0.29, 0.717) is 122 Å². The Bertz CT molecular complexity index is 4100. The zero-order chi connectivity index (χ0) is 61.6. The average Bonchev–Trinajstić information content (AvgIpc) is 1.55. The second kappa shape index (κ2) is 25.5. The van der Waals surface area contributed by atoms with Gasteiger partial charge in [-0.3, -0.25) is 4.79 Å². The van der Waals surface area contributed by atoms with Gasteiger partial charge in [-0.1, -0.05) is 38.1 Å². The van der Waals surface area contributed by atoms with Crippen molar-refractivity contribution in [2.45, 2.75) is 64.9 Å². The lowest BCUT2D eigenvalue weighted by Crippen LogP contribution is -2.50. The van der Waals surface area contributed by atoms with Gasteiger partial charge >= 0.3 is 11.9 Å². The summed E-state index contributed by atoms with van der Waals surface area (Å²) in [7, 11) is 1.25. The van der Waals surface area contributed by atoms with Crippen LogP contribution >= 0.6 is 0 Å². The van der Waals surface area contributed by atoms with Gasteiger partial charge < -0.3 is 71.8 Å². The van der Waals surface area contributed by atoms with E-state index in [-0.39, 0.29) is 86.7 Å². The SMILES string of the molecule is COC(=O)c1cc(OCCC[NH3+])c2cccc(N=C(O)c3cc(OCCC[NH3+])c4cccc(N=C(O)c5cc(OCCC[NH3+])c6cccc(N=C(O)c7cc(OCCC[NH3+])c8cccc(N=C(O)[C@@]9%10CC[C@@](C)(C(=O)O9)C%10(C)C)c8n7)c6n5)c4n3)c2n1. The number of aliphatic hydroxyl groups excluding tert-OH is 4. The number of rotatable bonds is 25. The summed E-state index contributed by atoms with van der Waals surface area (Å²) in [5.41, 5.74) is 14.4. The fraction of sp³-hybridized carbons (Fsp3) is 0.333. The third-order valence-corrected chi connectivity index (χ3v) is 16.2. The molecule has 8 aromatic rings. The molecule has 1 saturated heterocycles. The fourth-order valence-corrected chi connectivity index (χ4v) is 10.8. The summed E-state index contributed by atoms with van der Waals surface area (Å²) in [5, 5.41) is 50.1. The van der Waals surface area contributed by atoms with Crippen molar-refractivity contribution in [3.63, 3.8) is 0 Å². The van der Waals surface area contributed by atoms with Gasteiger partial charge in [0.15, 0.2) is 11.3 Å². The number of hydrogen-bond acceptors (Lipinski definition) is 16. The van der Waals surface area contributed by atoms with Crippen LogP contribution in [0.2, 0.25) is 0 Å². The second-order valence-corrected chi connectivity index (χ2v) is 21.8. The van der Waals surface area contributed by atoms with Crippen molar-refractivity contribution in [1.29, 1.82) is 0 Å². The van der Waals surface area contributed by atoms with E-state index in [0.717, 1.165) is 0 Å². The number of hydrogen-bond donors (Lipinski definition) is 8. The van der Waals surface area contributed by atoms with Crippen molar-refractivity contribution >= 4 is 102 Å². The molecule has 10 rings (SSSR count). The molecule has 24 nitrogen and oxygen atoms in total. The summed E-state index contributed by atoms with van der Waals surface area (Å²) in [6.07, 6.45) is 3.41. The molecule has 2 aliphatic rings. The van der Waals surface area contributed by atoms with Crippen LogP contribution in [0.25, 0.3) is 43.6 Å². The largest absolute Gasteiger partial charge is 0.493 e. The molecule has 2 fully saturated rings. The molecule has 1 aliphatic carbocycles. The molecule has 0 unspecified atom stereocenters. The number of pyridine rings is 4. The quantitative estimate of drug-likeness (QED) is 0.0134. The third-order valence-electron chi connectivity index (χ3n) is 16.2. The van der Waals surface area contributed by atoms with Crippen LogP contribution in [0.5, 0.6) is 23.0 Å². The first-order valence-corrected chi connectivity index (χ1v) is 28.9. The first-order chi connectivity index (χ1) is 42.0. The van der Waals surface area contributed by atoms with E-state index in [1.165, 1.54) is 13.2 Å². The Balaban J connectivity index is 1.07. The van der Waals surface area contributed by atoms with Crippen LogP contribution in [-0.2, 0) is 14.3 Å². The van der Waals surface area contributed by atoms with E-state index < -0.39 is 46.1 Å². The summed E-state index contributed by atoms with van der Waals surface area (Å²) in [4.78, 5) is 63.8. The molecule has 0 radical (unpaired) electrons. The maximum atomic E-state index is 13.2. The molecular weight excluding hydrogens is 1120 g/mol. The van der Waals surface area contributed by atoms with Crippen LogP contribution < -0.4 is 41.9 Å². The Morgan fingerprint density at radius 3 is 1.13 bits per heavy atom. The highest BCUT2D eigenvalue weighted by molar-refractivity contribution is 6.07. The standard InChI is InChI=1S/C63H68N12O12/c1-61(2)62(3)21-22-63(61,87-60(62)81)59(80)75-42-20-8-16-37-49(85-29-11-25-66)33-45(70-54(37)42)57(78)73-40-18-6-14-35-47(83-27-9-23-64)31-43(68-52(35)40)55(76)72-39-17-5-13-36-48(84-28-10-24-65)32-44(69-51(36)39)56(77)74-41-19-7-15-38-50(86-30-12-26-67)34-46(58(79)82-4)71-53(38)41/h5-8,13-20,31-34H,9-12,21-30,64-67H2,1-4H3,(H,72,76)(H,73,78)(H,74,77)(H,75,80)/p+4/t62-,63+/m0/s1. The maximum absolute atomic E-state index is 13.2. The number of ether oxygens (including phenoxy) is 6. The van der Waals surface area contributed by atoms with Crippen LogP contribution in [0.4, 0.5) is 22.7 Å². The number of quaternary nitrogens is 4. The molecule has 2 bridgehead atoms. The minimum absolute atomic E-state index is 0.00671. The zero-order valence-electron chi connectivity index (χ0n) is 49.1. The highest BCUT2D eigenvalue weighted by atomic mass is 16.6. The van der Waals surface area contributed by atoms with E-state index in [1.807, 2.05) is 20.8 Å². The van der Waals surface area contributed by atoms with Gasteiger partial charge in [0.1, 0.15) is 62.1 Å². The van der Waals surface area contributed by atoms with Crippen LogP contribution in [0, 0.1) is 10.8 Å². The van der Waals surface area contributed by atoms with Crippen LogP contribution in [0.1, 0.15) is 86.9 Å². The first-order valence-electron chi connectivity index (χ1n) is 28.9. The van der Waals surface area contributed by atoms with Crippen molar-refractivity contribution in [3.05, 3.63) is 120 Å². The number of carbonyl (C=O) groups is 2. The Morgan fingerprint density at radius 2 is 0.828 bits per heavy atom. The number of fused-ring (bicyclic) bond motifs is 6. The molecule has 24 heteroatoms. The lowest BCUT2D eigenvalue weighted by atomic mass is 9.66. The minimum Gasteiger partial charge on any atom is -0.493 e. The second-order valence-electron chi connectivity index (χ2n) is 21.8. The lowest BCUT2D eigenvalue weighted by molar-refractivity contribution is -0.369. The molecular formula is C63H72N12O12+4. The molecule has 2 atom stereocenters. The lowest BCUT2D eigenvalue weighted by Gasteiger charge is -2.35. The van der Waals surface area contributed by atoms with Gasteiger partial charge in [0.2, 0.25) is 23.6 Å². The van der Waals surface area contributed by atoms with Crippen molar-refractivity contribution < 1.29 is 81.4 Å². The maximum Gasteiger partial charge on any atom is 0.356 e. The van der Waals surface area contributed by atoms with E-state index >= 15 is 0 Å². The van der Waals surface area contributed by atoms with Crippen molar-refractivity contribution in [3.8, 4) is 23.0 Å². The molecule has 0 amide bonds. The molecule has 4 aromatic carbocycles. The van der Waals surface area contributed by atoms with Gasteiger partial charge in [-0.2, -0.15) is 0 Å². The monoisotopic (exact) mass is 1190 g/mol. The molecule has 5 heterocycles. The summed E-state index contributed by atoms with van der Waals surface area (Å²) < 4.78 is 35.9. The number of aromatic nitrogens is 4. The summed E-state index contributed by atoms with van der Waals surface area (Å²) in [6, 6.07) is 26.7. The molecule has 452 valence electrons. The number of para-hydroxylation sites is 4. The van der Waals surface area contributed by atoms with E-state index in [4.69, 9.17) is 43.4 Å². The summed E-state index contributed by atoms with van der Waals surface area (Å²) in [5.74, 6) is -1.68. The number of nitrogens with zero attached hydrogens (tertiary/aromatic N) is 8. The fourth-order valence-electron chi connectivity index (χ4n) is 10.8. The third kappa shape index (κ3) is 11.7. The molecule has 1 saturated carbocycles. The van der Waals surface area contributed by atoms with Gasteiger partial charge in [-0.25, -0.2) is 44.7 Å². The number of esters is 2. The Labute approximate surface area is 499 Å². The Hall–Kier alpha value is -9.62. The Morgan fingerprint density at radius 1 is 0.506 bits per heavy atom. The number of aliphatic imine (C=N–C) groups is 4. The van der Waals surface area contributed by atoms with Crippen LogP contribution in [0.15, 0.2) is 117 Å². The van der Waals surface area contributed by atoms with Gasteiger partial charge in [-0.15, -0.1) is 0 Å². The van der Waals surface area contributed by atoms with Gasteiger partial charge in [0.05, 0.1) is 87.9 Å².